The van der Waals surface area contributed by atoms with Crippen molar-refractivity contribution in [1.82, 2.24) is 4.98 Å². The number of aromatic amines is 1. The lowest BCUT2D eigenvalue weighted by Gasteiger charge is -2.27. The van der Waals surface area contributed by atoms with E-state index in [0.29, 0.717) is 10.9 Å². The van der Waals surface area contributed by atoms with E-state index in [-0.39, 0.29) is 16.4 Å². The first-order valence-corrected chi connectivity index (χ1v) is 9.67. The number of aromatic nitrogens is 1. The minimum atomic E-state index is -0.415. The molecule has 4 aromatic rings. The summed E-state index contributed by atoms with van der Waals surface area (Å²) < 4.78 is 0. The molecule has 1 aliphatic rings. The van der Waals surface area contributed by atoms with Gasteiger partial charge in [0.1, 0.15) is 0 Å². The molecule has 0 saturated heterocycles. The minimum Gasteiger partial charge on any atom is -0.354 e. The number of benzene rings is 3. The largest absolute Gasteiger partial charge is 0.354 e. The third kappa shape index (κ3) is 2.53. The zero-order valence-corrected chi connectivity index (χ0v) is 15.4. The van der Waals surface area contributed by atoms with Crippen molar-refractivity contribution in [2.24, 2.45) is 0 Å². The predicted octanol–water partition coefficient (Wildman–Crippen LogP) is 5.30. The summed E-state index contributed by atoms with van der Waals surface area (Å²) in [5, 5.41) is 11.4. The standard InChI is InChI=1S/C22H14N2O3S/c25-21-15-5-1-3-7-17(15)23-20-16-6-2-4-8-18(16)28-22(19(20)21)13-9-11-14(12-10-13)24(26)27/h1-12,22H,(H,23,25). The molecule has 5 rings (SSSR count). The number of nitrogens with zero attached hydrogens (tertiary/aromatic N) is 1. The summed E-state index contributed by atoms with van der Waals surface area (Å²) in [4.78, 5) is 28.5. The molecule has 0 radical (unpaired) electrons. The first-order chi connectivity index (χ1) is 13.6. The molecule has 0 bridgehead atoms. The molecular weight excluding hydrogens is 372 g/mol. The molecule has 0 fully saturated rings. The number of rotatable bonds is 2. The van der Waals surface area contributed by atoms with Crippen LogP contribution < -0.4 is 5.43 Å². The first-order valence-electron chi connectivity index (χ1n) is 8.79. The molecule has 0 spiro atoms. The smallest absolute Gasteiger partial charge is 0.269 e. The van der Waals surface area contributed by atoms with E-state index in [1.165, 1.54) is 12.1 Å². The molecule has 6 heteroatoms. The van der Waals surface area contributed by atoms with Crippen LogP contribution in [0.1, 0.15) is 16.4 Å². The molecule has 1 aliphatic heterocycles. The summed E-state index contributed by atoms with van der Waals surface area (Å²) in [6.45, 7) is 0. The summed E-state index contributed by atoms with van der Waals surface area (Å²) in [5.41, 5.74) is 4.22. The van der Waals surface area contributed by atoms with E-state index >= 15 is 0 Å². The van der Waals surface area contributed by atoms with E-state index in [9.17, 15) is 14.9 Å². The van der Waals surface area contributed by atoms with Crippen LogP contribution in [0.5, 0.6) is 0 Å². The van der Waals surface area contributed by atoms with Gasteiger partial charge in [-0.3, -0.25) is 14.9 Å². The van der Waals surface area contributed by atoms with Gasteiger partial charge in [-0.25, -0.2) is 0 Å². The van der Waals surface area contributed by atoms with E-state index < -0.39 is 4.92 Å². The van der Waals surface area contributed by atoms with Gasteiger partial charge < -0.3 is 4.98 Å². The quantitative estimate of drug-likeness (QED) is 0.375. The average molecular weight is 386 g/mol. The molecule has 28 heavy (non-hydrogen) atoms. The van der Waals surface area contributed by atoms with Crippen molar-refractivity contribution in [2.75, 3.05) is 0 Å². The minimum absolute atomic E-state index is 0.00490. The molecule has 1 unspecified atom stereocenters. The Morgan fingerprint density at radius 2 is 1.64 bits per heavy atom. The highest BCUT2D eigenvalue weighted by Crippen LogP contribution is 2.50. The summed E-state index contributed by atoms with van der Waals surface area (Å²) in [5.74, 6) is 0. The van der Waals surface area contributed by atoms with Gasteiger partial charge in [-0.1, -0.05) is 42.5 Å². The third-order valence-corrected chi connectivity index (χ3v) is 6.37. The number of nitro benzene ring substituents is 1. The van der Waals surface area contributed by atoms with Gasteiger partial charge in [0.25, 0.3) is 5.69 Å². The van der Waals surface area contributed by atoms with Gasteiger partial charge in [0.15, 0.2) is 5.43 Å². The summed E-state index contributed by atoms with van der Waals surface area (Å²) in [6.07, 6.45) is 0. The van der Waals surface area contributed by atoms with Gasteiger partial charge in [0.05, 0.1) is 15.9 Å². The number of H-pyrrole nitrogens is 1. The molecular formula is C22H14N2O3S. The second-order valence-electron chi connectivity index (χ2n) is 6.63. The van der Waals surface area contributed by atoms with Gasteiger partial charge in [-0.05, 0) is 23.8 Å². The van der Waals surface area contributed by atoms with Crippen LogP contribution in [0.15, 0.2) is 82.5 Å². The number of pyridine rings is 1. The van der Waals surface area contributed by atoms with Crippen LogP contribution in [0.3, 0.4) is 0 Å². The first kappa shape index (κ1) is 16.8. The molecule has 1 aromatic heterocycles. The summed E-state index contributed by atoms with van der Waals surface area (Å²) in [7, 11) is 0. The molecule has 0 aliphatic carbocycles. The van der Waals surface area contributed by atoms with Gasteiger partial charge in [0, 0.05) is 39.1 Å². The highest BCUT2D eigenvalue weighted by molar-refractivity contribution is 8.00. The zero-order chi connectivity index (χ0) is 19.3. The maximum atomic E-state index is 13.4. The number of para-hydroxylation sites is 1. The van der Waals surface area contributed by atoms with Gasteiger partial charge in [-0.15, -0.1) is 11.8 Å². The van der Waals surface area contributed by atoms with Gasteiger partial charge >= 0.3 is 0 Å². The van der Waals surface area contributed by atoms with Gasteiger partial charge in [0.2, 0.25) is 0 Å². The highest BCUT2D eigenvalue weighted by Gasteiger charge is 2.30. The maximum absolute atomic E-state index is 13.4. The van der Waals surface area contributed by atoms with E-state index in [1.54, 1.807) is 23.9 Å². The fraction of sp³-hybridized carbons (Fsp3) is 0.0455. The molecule has 1 atom stereocenters. The predicted molar refractivity (Wildman–Crippen MR) is 111 cm³/mol. The SMILES string of the molecule is O=c1c2c([nH]c3ccccc13)-c1ccccc1SC2c1ccc([N+](=O)[O-])cc1. The van der Waals surface area contributed by atoms with Crippen LogP contribution >= 0.6 is 11.8 Å². The summed E-state index contributed by atoms with van der Waals surface area (Å²) in [6, 6.07) is 21.9. The van der Waals surface area contributed by atoms with Crippen molar-refractivity contribution in [2.45, 2.75) is 10.1 Å². The number of thioether (sulfide) groups is 1. The number of hydrogen-bond acceptors (Lipinski definition) is 4. The normalized spacial score (nSPS) is 15.1. The van der Waals surface area contributed by atoms with Crippen molar-refractivity contribution >= 4 is 28.4 Å². The fourth-order valence-corrected chi connectivity index (χ4v) is 5.02. The number of nitrogens with one attached hydrogen (secondary N) is 1. The van der Waals surface area contributed by atoms with Crippen molar-refractivity contribution < 1.29 is 4.92 Å². The van der Waals surface area contributed by atoms with Crippen LogP contribution in [0.25, 0.3) is 22.2 Å². The molecule has 136 valence electrons. The number of fused-ring (bicyclic) bond motifs is 4. The van der Waals surface area contributed by atoms with E-state index in [2.05, 4.69) is 4.98 Å². The van der Waals surface area contributed by atoms with Crippen molar-refractivity contribution in [3.63, 3.8) is 0 Å². The molecule has 0 saturated carbocycles. The Labute approximate surface area is 164 Å². The Balaban J connectivity index is 1.79. The molecule has 2 heterocycles. The second-order valence-corrected chi connectivity index (χ2v) is 7.78. The van der Waals surface area contributed by atoms with Crippen molar-refractivity contribution in [3.05, 3.63) is 104 Å². The maximum Gasteiger partial charge on any atom is 0.269 e. The Bertz CT molecular complexity index is 1300. The average Bonchev–Trinajstić information content (AvgIpc) is 2.73. The second kappa shape index (κ2) is 6.35. The monoisotopic (exact) mass is 386 g/mol. The van der Waals surface area contributed by atoms with Crippen molar-refractivity contribution in [3.8, 4) is 11.3 Å². The lowest BCUT2D eigenvalue weighted by molar-refractivity contribution is -0.384. The van der Waals surface area contributed by atoms with Crippen LogP contribution in [-0.2, 0) is 0 Å². The number of non-ortho nitro benzene ring substituents is 1. The Kier molecular flexibility index (Phi) is 3.80. The van der Waals surface area contributed by atoms with Crippen LogP contribution in [-0.4, -0.2) is 9.91 Å². The summed E-state index contributed by atoms with van der Waals surface area (Å²) >= 11 is 1.60. The van der Waals surface area contributed by atoms with E-state index in [0.717, 1.165) is 27.2 Å². The number of nitro groups is 1. The molecule has 0 amide bonds. The highest BCUT2D eigenvalue weighted by atomic mass is 32.2. The van der Waals surface area contributed by atoms with Crippen molar-refractivity contribution in [1.29, 1.82) is 0 Å². The van der Waals surface area contributed by atoms with Crippen LogP contribution in [0.2, 0.25) is 0 Å². The molecule has 1 N–H and O–H groups in total. The number of hydrogen-bond donors (Lipinski definition) is 1. The molecule has 3 aromatic carbocycles. The Hall–Kier alpha value is -3.38. The lowest BCUT2D eigenvalue weighted by atomic mass is 9.95. The zero-order valence-electron chi connectivity index (χ0n) is 14.6. The molecule has 5 nitrogen and oxygen atoms in total. The lowest BCUT2D eigenvalue weighted by Crippen LogP contribution is -2.19. The van der Waals surface area contributed by atoms with Crippen LogP contribution in [0, 0.1) is 10.1 Å². The third-order valence-electron chi connectivity index (χ3n) is 5.02. The topological polar surface area (TPSA) is 76.0 Å². The Morgan fingerprint density at radius 1 is 0.929 bits per heavy atom. The Morgan fingerprint density at radius 3 is 2.43 bits per heavy atom. The van der Waals surface area contributed by atoms with E-state index in [4.69, 9.17) is 0 Å². The van der Waals surface area contributed by atoms with E-state index in [1.807, 2.05) is 48.5 Å². The fourth-order valence-electron chi connectivity index (χ4n) is 3.68. The van der Waals surface area contributed by atoms with Gasteiger partial charge in [-0.2, -0.15) is 0 Å². The van der Waals surface area contributed by atoms with Crippen LogP contribution in [0.4, 0.5) is 5.69 Å².